The lowest BCUT2D eigenvalue weighted by molar-refractivity contribution is 0.0954. The zero-order chi connectivity index (χ0) is 20.6. The van der Waals surface area contributed by atoms with Crippen molar-refractivity contribution in [3.8, 4) is 5.75 Å². The van der Waals surface area contributed by atoms with Gasteiger partial charge in [-0.2, -0.15) is 5.10 Å². The molecule has 0 aliphatic rings. The van der Waals surface area contributed by atoms with Crippen LogP contribution in [-0.4, -0.2) is 25.1 Å². The van der Waals surface area contributed by atoms with Crippen LogP contribution in [0.5, 0.6) is 5.75 Å². The van der Waals surface area contributed by atoms with E-state index in [1.54, 1.807) is 61.9 Å². The van der Waals surface area contributed by atoms with E-state index in [-0.39, 0.29) is 11.8 Å². The Balaban J connectivity index is 1.56. The van der Waals surface area contributed by atoms with Gasteiger partial charge in [-0.15, -0.1) is 0 Å². The number of nitrogens with zero attached hydrogens (tertiary/aromatic N) is 1. The zero-order valence-corrected chi connectivity index (χ0v) is 16.2. The van der Waals surface area contributed by atoms with E-state index in [2.05, 4.69) is 15.8 Å². The molecule has 0 heterocycles. The summed E-state index contributed by atoms with van der Waals surface area (Å²) in [6, 6.07) is 21.2. The van der Waals surface area contributed by atoms with Crippen LogP contribution < -0.4 is 15.5 Å². The number of nitrogens with one attached hydrogen (secondary N) is 2. The molecule has 29 heavy (non-hydrogen) atoms. The van der Waals surface area contributed by atoms with Gasteiger partial charge in [0.1, 0.15) is 5.75 Å². The molecule has 2 N–H and O–H groups in total. The molecule has 3 rings (SSSR count). The van der Waals surface area contributed by atoms with E-state index < -0.39 is 0 Å². The number of rotatable bonds is 6. The molecule has 0 aromatic heterocycles. The Labute approximate surface area is 169 Å². The number of hydrogen-bond acceptors (Lipinski definition) is 4. The molecule has 0 saturated carbocycles. The molecule has 3 aromatic carbocycles. The van der Waals surface area contributed by atoms with Gasteiger partial charge in [-0.3, -0.25) is 9.59 Å². The quantitative estimate of drug-likeness (QED) is 0.495. The van der Waals surface area contributed by atoms with Gasteiger partial charge in [0.15, 0.2) is 0 Å². The molecule has 146 valence electrons. The highest BCUT2D eigenvalue weighted by Crippen LogP contribution is 2.14. The Bertz CT molecular complexity index is 1010. The second-order valence-corrected chi connectivity index (χ2v) is 6.37. The fourth-order valence-corrected chi connectivity index (χ4v) is 2.53. The summed E-state index contributed by atoms with van der Waals surface area (Å²) in [4.78, 5) is 24.5. The number of carbonyl (C=O) groups is 2. The minimum Gasteiger partial charge on any atom is -0.497 e. The summed E-state index contributed by atoms with van der Waals surface area (Å²) in [5, 5.41) is 6.76. The minimum atomic E-state index is -0.332. The molecule has 6 nitrogen and oxygen atoms in total. The SMILES string of the molecule is COc1ccc(C(=O)Nc2ccc(C(=O)N/N=C\c3ccc(C)cc3)cc2)cc1. The number of ether oxygens (including phenoxy) is 1. The molecule has 0 fully saturated rings. The lowest BCUT2D eigenvalue weighted by atomic mass is 10.1. The molecule has 0 atom stereocenters. The molecule has 0 aliphatic carbocycles. The van der Waals surface area contributed by atoms with E-state index in [9.17, 15) is 9.59 Å². The summed E-state index contributed by atoms with van der Waals surface area (Å²) in [5.74, 6) is 0.107. The Morgan fingerprint density at radius 3 is 2.03 bits per heavy atom. The first-order chi connectivity index (χ1) is 14.0. The van der Waals surface area contributed by atoms with Crippen LogP contribution >= 0.6 is 0 Å². The second kappa shape index (κ2) is 9.32. The number of benzene rings is 3. The molecule has 2 amide bonds. The molecule has 0 aliphatic heterocycles. The summed E-state index contributed by atoms with van der Waals surface area (Å²) in [6.45, 7) is 2.01. The summed E-state index contributed by atoms with van der Waals surface area (Å²) >= 11 is 0. The number of anilines is 1. The van der Waals surface area contributed by atoms with Crippen molar-refractivity contribution in [1.82, 2.24) is 5.43 Å². The van der Waals surface area contributed by atoms with Crippen molar-refractivity contribution in [1.29, 1.82) is 0 Å². The van der Waals surface area contributed by atoms with Crippen LogP contribution in [0.3, 0.4) is 0 Å². The fourth-order valence-electron chi connectivity index (χ4n) is 2.53. The van der Waals surface area contributed by atoms with Crippen LogP contribution in [0.4, 0.5) is 5.69 Å². The zero-order valence-electron chi connectivity index (χ0n) is 16.2. The monoisotopic (exact) mass is 387 g/mol. The van der Waals surface area contributed by atoms with Crippen molar-refractivity contribution in [2.45, 2.75) is 6.92 Å². The van der Waals surface area contributed by atoms with E-state index in [0.29, 0.717) is 22.6 Å². The highest BCUT2D eigenvalue weighted by Gasteiger charge is 2.08. The molecule has 0 saturated heterocycles. The number of amides is 2. The first-order valence-corrected chi connectivity index (χ1v) is 9.01. The standard InChI is InChI=1S/C23H21N3O3/c1-16-3-5-17(6-4-16)15-24-26-23(28)19-7-11-20(12-8-19)25-22(27)18-9-13-21(29-2)14-10-18/h3-15H,1-2H3,(H,25,27)(H,26,28)/b24-15-. The van der Waals surface area contributed by atoms with Crippen LogP contribution in [0.2, 0.25) is 0 Å². The lowest BCUT2D eigenvalue weighted by Gasteiger charge is -2.07. The average molecular weight is 387 g/mol. The summed E-state index contributed by atoms with van der Waals surface area (Å²) in [5.41, 5.74) is 6.08. The molecule has 0 bridgehead atoms. The number of hydrazone groups is 1. The number of aryl methyl sites for hydroxylation is 1. The van der Waals surface area contributed by atoms with E-state index in [4.69, 9.17) is 4.74 Å². The van der Waals surface area contributed by atoms with Gasteiger partial charge < -0.3 is 10.1 Å². The topological polar surface area (TPSA) is 79.8 Å². The largest absolute Gasteiger partial charge is 0.497 e. The number of carbonyl (C=O) groups excluding carboxylic acids is 2. The second-order valence-electron chi connectivity index (χ2n) is 6.37. The van der Waals surface area contributed by atoms with Gasteiger partial charge in [0.2, 0.25) is 0 Å². The van der Waals surface area contributed by atoms with Gasteiger partial charge in [0.25, 0.3) is 11.8 Å². The average Bonchev–Trinajstić information content (AvgIpc) is 2.75. The van der Waals surface area contributed by atoms with Gasteiger partial charge in [-0.1, -0.05) is 29.8 Å². The number of hydrogen-bond donors (Lipinski definition) is 2. The van der Waals surface area contributed by atoms with Crippen LogP contribution in [-0.2, 0) is 0 Å². The van der Waals surface area contributed by atoms with Crippen LogP contribution in [0.25, 0.3) is 0 Å². The predicted octanol–water partition coefficient (Wildman–Crippen LogP) is 4.02. The lowest BCUT2D eigenvalue weighted by Crippen LogP contribution is -2.17. The molecule has 0 spiro atoms. The van der Waals surface area contributed by atoms with E-state index in [1.165, 1.54) is 0 Å². The maximum Gasteiger partial charge on any atom is 0.271 e. The summed E-state index contributed by atoms with van der Waals surface area (Å²) < 4.78 is 5.08. The van der Waals surface area contributed by atoms with Gasteiger partial charge in [0, 0.05) is 16.8 Å². The van der Waals surface area contributed by atoms with Gasteiger partial charge >= 0.3 is 0 Å². The molecule has 6 heteroatoms. The first-order valence-electron chi connectivity index (χ1n) is 9.01. The van der Waals surface area contributed by atoms with E-state index >= 15 is 0 Å². The third kappa shape index (κ3) is 5.52. The molecule has 0 radical (unpaired) electrons. The Hall–Kier alpha value is -3.93. The third-order valence-electron chi connectivity index (χ3n) is 4.21. The maximum atomic E-state index is 12.3. The van der Waals surface area contributed by atoms with Crippen molar-refractivity contribution in [3.63, 3.8) is 0 Å². The van der Waals surface area contributed by atoms with E-state index in [0.717, 1.165) is 11.1 Å². The highest BCUT2D eigenvalue weighted by atomic mass is 16.5. The third-order valence-corrected chi connectivity index (χ3v) is 4.21. The minimum absolute atomic E-state index is 0.243. The summed E-state index contributed by atoms with van der Waals surface area (Å²) in [6.07, 6.45) is 1.58. The molecule has 3 aromatic rings. The Kier molecular flexibility index (Phi) is 6.37. The van der Waals surface area contributed by atoms with E-state index in [1.807, 2.05) is 31.2 Å². The smallest absolute Gasteiger partial charge is 0.271 e. The van der Waals surface area contributed by atoms with Crippen molar-refractivity contribution in [2.75, 3.05) is 12.4 Å². The molecule has 0 unspecified atom stereocenters. The highest BCUT2D eigenvalue weighted by molar-refractivity contribution is 6.04. The first kappa shape index (κ1) is 19.8. The number of methoxy groups -OCH3 is 1. The molecular weight excluding hydrogens is 366 g/mol. The van der Waals surface area contributed by atoms with Crippen LogP contribution in [0, 0.1) is 6.92 Å². The van der Waals surface area contributed by atoms with Crippen molar-refractivity contribution >= 4 is 23.7 Å². The van der Waals surface area contributed by atoms with Gasteiger partial charge in [-0.25, -0.2) is 5.43 Å². The van der Waals surface area contributed by atoms with Crippen molar-refractivity contribution in [2.24, 2.45) is 5.10 Å². The normalized spacial score (nSPS) is 10.6. The predicted molar refractivity (Wildman–Crippen MR) is 114 cm³/mol. The van der Waals surface area contributed by atoms with Crippen molar-refractivity contribution < 1.29 is 14.3 Å². The van der Waals surface area contributed by atoms with Crippen molar-refractivity contribution in [3.05, 3.63) is 95.1 Å². The Morgan fingerprint density at radius 2 is 1.41 bits per heavy atom. The maximum absolute atomic E-state index is 12.3. The Morgan fingerprint density at radius 1 is 0.828 bits per heavy atom. The van der Waals surface area contributed by atoms with Gasteiger partial charge in [0.05, 0.1) is 13.3 Å². The summed E-state index contributed by atoms with van der Waals surface area (Å²) in [7, 11) is 1.57. The molecular formula is C23H21N3O3. The fraction of sp³-hybridized carbons (Fsp3) is 0.0870. The van der Waals surface area contributed by atoms with Crippen LogP contribution in [0.15, 0.2) is 77.9 Å². The van der Waals surface area contributed by atoms with Gasteiger partial charge in [-0.05, 0) is 61.0 Å². The van der Waals surface area contributed by atoms with Crippen LogP contribution in [0.1, 0.15) is 31.8 Å².